The Bertz CT molecular complexity index is 459. The standard InChI is InChI=1S/C15H19BrF2OS/c16-11-7-12(17)14(18)13(8-11)19-9-15(10-20)5-3-1-2-4-6-15/h7-8,20H,1-6,9-10H2. The molecule has 0 unspecified atom stereocenters. The topological polar surface area (TPSA) is 9.23 Å². The van der Waals surface area contributed by atoms with Gasteiger partial charge in [0, 0.05) is 9.89 Å². The zero-order valence-electron chi connectivity index (χ0n) is 11.3. The molecule has 0 heterocycles. The van der Waals surface area contributed by atoms with Crippen molar-refractivity contribution in [1.29, 1.82) is 0 Å². The van der Waals surface area contributed by atoms with E-state index in [1.165, 1.54) is 18.9 Å². The number of thiol groups is 1. The molecule has 0 aromatic heterocycles. The quantitative estimate of drug-likeness (QED) is 0.428. The van der Waals surface area contributed by atoms with Crippen molar-refractivity contribution in [2.75, 3.05) is 12.4 Å². The van der Waals surface area contributed by atoms with Gasteiger partial charge in [0.25, 0.3) is 0 Å². The van der Waals surface area contributed by atoms with Crippen LogP contribution in [0.25, 0.3) is 0 Å². The van der Waals surface area contributed by atoms with Crippen molar-refractivity contribution in [1.82, 2.24) is 0 Å². The van der Waals surface area contributed by atoms with Crippen LogP contribution < -0.4 is 4.74 Å². The zero-order valence-corrected chi connectivity index (χ0v) is 13.8. The van der Waals surface area contributed by atoms with E-state index in [0.29, 0.717) is 16.8 Å². The van der Waals surface area contributed by atoms with Crippen molar-refractivity contribution in [3.8, 4) is 5.75 Å². The van der Waals surface area contributed by atoms with Crippen LogP contribution in [0.2, 0.25) is 0 Å². The Balaban J connectivity index is 2.10. The summed E-state index contributed by atoms with van der Waals surface area (Å²) in [4.78, 5) is 0. The smallest absolute Gasteiger partial charge is 0.200 e. The molecule has 1 fully saturated rings. The highest BCUT2D eigenvalue weighted by atomic mass is 79.9. The molecular weight excluding hydrogens is 346 g/mol. The van der Waals surface area contributed by atoms with Crippen LogP contribution in [0.3, 0.4) is 0 Å². The second-order valence-electron chi connectivity index (χ2n) is 5.56. The Morgan fingerprint density at radius 2 is 1.80 bits per heavy atom. The van der Waals surface area contributed by atoms with Gasteiger partial charge in [-0.3, -0.25) is 0 Å². The Kier molecular flexibility index (Phi) is 5.73. The van der Waals surface area contributed by atoms with Crippen molar-refractivity contribution < 1.29 is 13.5 Å². The predicted molar refractivity (Wildman–Crippen MR) is 83.5 cm³/mol. The molecule has 0 radical (unpaired) electrons. The van der Waals surface area contributed by atoms with Gasteiger partial charge in [0.2, 0.25) is 5.82 Å². The van der Waals surface area contributed by atoms with Crippen LogP contribution in [0.4, 0.5) is 8.78 Å². The van der Waals surface area contributed by atoms with Gasteiger partial charge in [-0.25, -0.2) is 4.39 Å². The lowest BCUT2D eigenvalue weighted by atomic mass is 9.83. The fraction of sp³-hybridized carbons (Fsp3) is 0.600. The highest BCUT2D eigenvalue weighted by Crippen LogP contribution is 2.37. The molecule has 1 aliphatic rings. The van der Waals surface area contributed by atoms with E-state index in [1.807, 2.05) is 0 Å². The summed E-state index contributed by atoms with van der Waals surface area (Å²) in [6, 6.07) is 2.57. The van der Waals surface area contributed by atoms with Gasteiger partial charge in [-0.1, -0.05) is 41.6 Å². The molecule has 112 valence electrons. The molecular formula is C15H19BrF2OS. The average molecular weight is 365 g/mol. The second kappa shape index (κ2) is 7.12. The maximum absolute atomic E-state index is 13.7. The number of halogens is 3. The summed E-state index contributed by atoms with van der Waals surface area (Å²) in [6.45, 7) is 0.392. The Hall–Kier alpha value is -0.290. The summed E-state index contributed by atoms with van der Waals surface area (Å²) in [5.41, 5.74) is -0.0230. The molecule has 2 rings (SSSR count). The summed E-state index contributed by atoms with van der Waals surface area (Å²) >= 11 is 7.61. The second-order valence-corrected chi connectivity index (χ2v) is 6.79. The van der Waals surface area contributed by atoms with Crippen molar-refractivity contribution in [2.45, 2.75) is 38.5 Å². The van der Waals surface area contributed by atoms with Crippen molar-refractivity contribution in [3.05, 3.63) is 28.2 Å². The van der Waals surface area contributed by atoms with E-state index in [9.17, 15) is 8.78 Å². The fourth-order valence-corrected chi connectivity index (χ4v) is 3.51. The number of rotatable bonds is 4. The third kappa shape index (κ3) is 3.88. The lowest BCUT2D eigenvalue weighted by Gasteiger charge is -2.31. The van der Waals surface area contributed by atoms with Crippen molar-refractivity contribution >= 4 is 28.6 Å². The molecule has 20 heavy (non-hydrogen) atoms. The third-order valence-corrected chi connectivity index (χ3v) is 5.12. The molecule has 0 atom stereocenters. The summed E-state index contributed by atoms with van der Waals surface area (Å²) in [5.74, 6) is -1.13. The molecule has 0 N–H and O–H groups in total. The molecule has 1 aromatic rings. The Labute approximate surface area is 132 Å². The number of hydrogen-bond donors (Lipinski definition) is 1. The van der Waals surface area contributed by atoms with Gasteiger partial charge < -0.3 is 4.74 Å². The largest absolute Gasteiger partial charge is 0.490 e. The fourth-order valence-electron chi connectivity index (χ4n) is 2.69. The van der Waals surface area contributed by atoms with Crippen LogP contribution in [-0.4, -0.2) is 12.4 Å². The molecule has 0 amide bonds. The highest BCUT2D eigenvalue weighted by Gasteiger charge is 2.31. The van der Waals surface area contributed by atoms with E-state index < -0.39 is 11.6 Å². The van der Waals surface area contributed by atoms with Gasteiger partial charge in [0.15, 0.2) is 11.6 Å². The third-order valence-electron chi connectivity index (χ3n) is 3.99. The van der Waals surface area contributed by atoms with E-state index in [1.54, 1.807) is 0 Å². The molecule has 0 aliphatic heterocycles. The molecule has 1 saturated carbocycles. The van der Waals surface area contributed by atoms with Crippen molar-refractivity contribution in [3.63, 3.8) is 0 Å². The molecule has 0 spiro atoms. The molecule has 1 aliphatic carbocycles. The zero-order chi connectivity index (χ0) is 14.6. The van der Waals surface area contributed by atoms with Gasteiger partial charge in [-0.05, 0) is 30.7 Å². The summed E-state index contributed by atoms with van der Waals surface area (Å²) in [6.07, 6.45) is 6.84. The lowest BCUT2D eigenvalue weighted by molar-refractivity contribution is 0.143. The monoisotopic (exact) mass is 364 g/mol. The SMILES string of the molecule is Fc1cc(Br)cc(OCC2(CS)CCCCCC2)c1F. The van der Waals surface area contributed by atoms with E-state index in [-0.39, 0.29) is 11.2 Å². The van der Waals surface area contributed by atoms with Gasteiger partial charge in [-0.2, -0.15) is 17.0 Å². The van der Waals surface area contributed by atoms with Gasteiger partial charge >= 0.3 is 0 Å². The number of benzene rings is 1. The van der Waals surface area contributed by atoms with Gasteiger partial charge in [0.1, 0.15) is 0 Å². The molecule has 5 heteroatoms. The van der Waals surface area contributed by atoms with Crippen LogP contribution in [0, 0.1) is 17.0 Å². The molecule has 1 aromatic carbocycles. The first-order valence-electron chi connectivity index (χ1n) is 6.94. The molecule has 1 nitrogen and oxygen atoms in total. The first-order valence-corrected chi connectivity index (χ1v) is 8.37. The van der Waals surface area contributed by atoms with Crippen LogP contribution in [0.5, 0.6) is 5.75 Å². The predicted octanol–water partition coefficient (Wildman–Crippen LogP) is 5.38. The Morgan fingerprint density at radius 3 is 2.40 bits per heavy atom. The maximum Gasteiger partial charge on any atom is 0.200 e. The normalized spacial score (nSPS) is 18.6. The van der Waals surface area contributed by atoms with E-state index in [4.69, 9.17) is 4.74 Å². The molecule has 0 saturated heterocycles. The average Bonchev–Trinajstić information content (AvgIpc) is 2.67. The van der Waals surface area contributed by atoms with Crippen molar-refractivity contribution in [2.24, 2.45) is 5.41 Å². The summed E-state index contributed by atoms with van der Waals surface area (Å²) < 4.78 is 33.1. The minimum atomic E-state index is -0.920. The van der Waals surface area contributed by atoms with Crippen LogP contribution in [0.1, 0.15) is 38.5 Å². The first-order chi connectivity index (χ1) is 9.56. The highest BCUT2D eigenvalue weighted by molar-refractivity contribution is 9.10. The van der Waals surface area contributed by atoms with Gasteiger partial charge in [-0.15, -0.1) is 0 Å². The van der Waals surface area contributed by atoms with E-state index >= 15 is 0 Å². The number of hydrogen-bond acceptors (Lipinski definition) is 2. The minimum Gasteiger partial charge on any atom is -0.490 e. The van der Waals surface area contributed by atoms with E-state index in [0.717, 1.165) is 31.7 Å². The van der Waals surface area contributed by atoms with E-state index in [2.05, 4.69) is 28.6 Å². The maximum atomic E-state index is 13.7. The summed E-state index contributed by atoms with van der Waals surface area (Å²) in [5, 5.41) is 0. The Morgan fingerprint density at radius 1 is 1.15 bits per heavy atom. The number of ether oxygens (including phenoxy) is 1. The van der Waals surface area contributed by atoms with Crippen LogP contribution in [-0.2, 0) is 0 Å². The van der Waals surface area contributed by atoms with Gasteiger partial charge in [0.05, 0.1) is 6.61 Å². The van der Waals surface area contributed by atoms with Crippen LogP contribution >= 0.6 is 28.6 Å². The van der Waals surface area contributed by atoms with Crippen LogP contribution in [0.15, 0.2) is 16.6 Å². The summed E-state index contributed by atoms with van der Waals surface area (Å²) in [7, 11) is 0. The first kappa shape index (κ1) is 16.1. The lowest BCUT2D eigenvalue weighted by Crippen LogP contribution is -2.30. The molecule has 0 bridgehead atoms. The minimum absolute atomic E-state index is 0.0230.